The van der Waals surface area contributed by atoms with E-state index in [2.05, 4.69) is 15.9 Å². The summed E-state index contributed by atoms with van der Waals surface area (Å²) in [4.78, 5) is 21.9. The van der Waals surface area contributed by atoms with Crippen LogP contribution in [-0.4, -0.2) is 24.5 Å². The molecule has 3 nitrogen and oxygen atoms in total. The Morgan fingerprint density at radius 1 is 1.60 bits per heavy atom. The van der Waals surface area contributed by atoms with E-state index >= 15 is 0 Å². The van der Waals surface area contributed by atoms with Gasteiger partial charge in [0.05, 0.1) is 23.6 Å². The van der Waals surface area contributed by atoms with Crippen LogP contribution < -0.4 is 4.74 Å². The lowest BCUT2D eigenvalue weighted by Crippen LogP contribution is -2.08. The van der Waals surface area contributed by atoms with Crippen LogP contribution in [0.5, 0.6) is 5.75 Å². The van der Waals surface area contributed by atoms with E-state index in [0.29, 0.717) is 6.29 Å². The molecule has 0 aromatic heterocycles. The predicted octanol–water partition coefficient (Wildman–Crippen LogP) is 2.22. The lowest BCUT2D eigenvalue weighted by molar-refractivity contribution is 0.101. The molecular formula is C10H8BrFO3. The molecule has 0 bridgehead atoms. The summed E-state index contributed by atoms with van der Waals surface area (Å²) in [5, 5.41) is -0.0252. The van der Waals surface area contributed by atoms with Gasteiger partial charge in [0, 0.05) is 0 Å². The summed E-state index contributed by atoms with van der Waals surface area (Å²) >= 11 is 2.94. The third-order valence-electron chi connectivity index (χ3n) is 1.88. The molecule has 15 heavy (non-hydrogen) atoms. The first-order valence-corrected chi connectivity index (χ1v) is 5.18. The smallest absolute Gasteiger partial charge is 0.180 e. The first kappa shape index (κ1) is 11.8. The number of Topliss-reactive ketones (excluding diaryl/α,β-unsaturated/α-hetero) is 1. The minimum atomic E-state index is -0.839. The number of hydrogen-bond acceptors (Lipinski definition) is 3. The Morgan fingerprint density at radius 2 is 2.27 bits per heavy atom. The van der Waals surface area contributed by atoms with Crippen molar-refractivity contribution in [2.75, 3.05) is 12.4 Å². The molecule has 0 unspecified atom stereocenters. The van der Waals surface area contributed by atoms with Gasteiger partial charge in [-0.15, -0.1) is 0 Å². The van der Waals surface area contributed by atoms with Gasteiger partial charge < -0.3 is 4.74 Å². The lowest BCUT2D eigenvalue weighted by Gasteiger charge is -2.08. The largest absolute Gasteiger partial charge is 0.496 e. The molecule has 0 saturated carbocycles. The van der Waals surface area contributed by atoms with Crippen LogP contribution in [0, 0.1) is 5.82 Å². The number of benzene rings is 1. The number of rotatable bonds is 4. The molecule has 1 rings (SSSR count). The number of carbonyl (C=O) groups is 2. The second kappa shape index (κ2) is 5.02. The van der Waals surface area contributed by atoms with Crippen LogP contribution in [0.2, 0.25) is 0 Å². The van der Waals surface area contributed by atoms with Crippen LogP contribution >= 0.6 is 15.9 Å². The van der Waals surface area contributed by atoms with Crippen LogP contribution in [-0.2, 0) is 0 Å². The van der Waals surface area contributed by atoms with E-state index in [4.69, 9.17) is 4.74 Å². The zero-order valence-corrected chi connectivity index (χ0v) is 9.51. The SMILES string of the molecule is COc1ccc(C=O)c(F)c1C(=O)CBr. The van der Waals surface area contributed by atoms with E-state index < -0.39 is 11.6 Å². The molecule has 0 heterocycles. The van der Waals surface area contributed by atoms with Crippen molar-refractivity contribution in [2.24, 2.45) is 0 Å². The maximum absolute atomic E-state index is 13.6. The lowest BCUT2D eigenvalue weighted by atomic mass is 10.1. The Bertz CT molecular complexity index is 404. The summed E-state index contributed by atoms with van der Waals surface area (Å²) in [6.45, 7) is 0. The van der Waals surface area contributed by atoms with Gasteiger partial charge in [-0.1, -0.05) is 15.9 Å². The molecular weight excluding hydrogens is 267 g/mol. The third kappa shape index (κ3) is 2.23. The van der Waals surface area contributed by atoms with Crippen LogP contribution in [0.4, 0.5) is 4.39 Å². The molecule has 0 N–H and O–H groups in total. The summed E-state index contributed by atoms with van der Waals surface area (Å²) in [6.07, 6.45) is 0.361. The minimum absolute atomic E-state index is 0.0252. The Hall–Kier alpha value is -1.23. The fraction of sp³-hybridized carbons (Fsp3) is 0.200. The molecule has 0 spiro atoms. The quantitative estimate of drug-likeness (QED) is 0.480. The van der Waals surface area contributed by atoms with Gasteiger partial charge in [0.1, 0.15) is 11.6 Å². The van der Waals surface area contributed by atoms with Crippen molar-refractivity contribution >= 4 is 28.0 Å². The van der Waals surface area contributed by atoms with Crippen molar-refractivity contribution in [1.29, 1.82) is 0 Å². The van der Waals surface area contributed by atoms with Crippen molar-refractivity contribution in [3.63, 3.8) is 0 Å². The molecule has 0 radical (unpaired) electrons. The zero-order valence-electron chi connectivity index (χ0n) is 7.92. The van der Waals surface area contributed by atoms with Crippen LogP contribution in [0.3, 0.4) is 0 Å². The van der Waals surface area contributed by atoms with Gasteiger partial charge in [-0.05, 0) is 12.1 Å². The normalized spacial score (nSPS) is 9.80. The average molecular weight is 275 g/mol. The Kier molecular flexibility index (Phi) is 3.96. The maximum atomic E-state index is 13.6. The Morgan fingerprint density at radius 3 is 2.73 bits per heavy atom. The summed E-state index contributed by atoms with van der Waals surface area (Å²) < 4.78 is 18.5. The Labute approximate surface area is 94.4 Å². The first-order chi connectivity index (χ1) is 7.15. The molecule has 5 heteroatoms. The monoisotopic (exact) mass is 274 g/mol. The summed E-state index contributed by atoms with van der Waals surface area (Å²) in [5.74, 6) is -1.18. The van der Waals surface area contributed by atoms with Gasteiger partial charge in [-0.3, -0.25) is 9.59 Å². The molecule has 0 fully saturated rings. The first-order valence-electron chi connectivity index (χ1n) is 4.06. The fourth-order valence-electron chi connectivity index (χ4n) is 1.16. The maximum Gasteiger partial charge on any atom is 0.180 e. The van der Waals surface area contributed by atoms with Gasteiger partial charge in [-0.2, -0.15) is 0 Å². The van der Waals surface area contributed by atoms with Crippen molar-refractivity contribution < 1.29 is 18.7 Å². The van der Waals surface area contributed by atoms with Crippen molar-refractivity contribution in [3.8, 4) is 5.75 Å². The molecule has 0 aliphatic rings. The van der Waals surface area contributed by atoms with Gasteiger partial charge in [-0.25, -0.2) is 4.39 Å². The van der Waals surface area contributed by atoms with Gasteiger partial charge in [0.15, 0.2) is 12.1 Å². The minimum Gasteiger partial charge on any atom is -0.496 e. The number of methoxy groups -OCH3 is 1. The number of ether oxygens (including phenoxy) is 1. The highest BCUT2D eigenvalue weighted by atomic mass is 79.9. The average Bonchev–Trinajstić information content (AvgIpc) is 2.27. The van der Waals surface area contributed by atoms with E-state index in [0.717, 1.165) is 0 Å². The molecule has 0 aliphatic carbocycles. The highest BCUT2D eigenvalue weighted by Gasteiger charge is 2.19. The molecule has 0 amide bonds. The number of alkyl halides is 1. The number of ketones is 1. The number of hydrogen-bond donors (Lipinski definition) is 0. The van der Waals surface area contributed by atoms with Crippen molar-refractivity contribution in [2.45, 2.75) is 0 Å². The molecule has 0 saturated heterocycles. The summed E-state index contributed by atoms with van der Waals surface area (Å²) in [5.41, 5.74) is -0.348. The fourth-order valence-corrected chi connectivity index (χ4v) is 1.44. The molecule has 0 aliphatic heterocycles. The number of carbonyl (C=O) groups excluding carboxylic acids is 2. The van der Waals surface area contributed by atoms with E-state index in [9.17, 15) is 14.0 Å². The van der Waals surface area contributed by atoms with Gasteiger partial charge in [0.25, 0.3) is 0 Å². The second-order valence-corrected chi connectivity index (χ2v) is 3.28. The molecule has 1 aromatic rings. The Balaban J connectivity index is 3.42. The molecule has 80 valence electrons. The van der Waals surface area contributed by atoms with Crippen LogP contribution in [0.25, 0.3) is 0 Å². The van der Waals surface area contributed by atoms with Gasteiger partial charge in [0.2, 0.25) is 0 Å². The van der Waals surface area contributed by atoms with Gasteiger partial charge >= 0.3 is 0 Å². The van der Waals surface area contributed by atoms with Crippen LogP contribution in [0.1, 0.15) is 20.7 Å². The topological polar surface area (TPSA) is 43.4 Å². The highest BCUT2D eigenvalue weighted by molar-refractivity contribution is 9.09. The van der Waals surface area contributed by atoms with Crippen LogP contribution in [0.15, 0.2) is 12.1 Å². The predicted molar refractivity (Wildman–Crippen MR) is 56.5 cm³/mol. The van der Waals surface area contributed by atoms with E-state index in [1.165, 1.54) is 19.2 Å². The van der Waals surface area contributed by atoms with E-state index in [1.807, 2.05) is 0 Å². The van der Waals surface area contributed by atoms with Crippen molar-refractivity contribution in [1.82, 2.24) is 0 Å². The number of aldehydes is 1. The second-order valence-electron chi connectivity index (χ2n) is 2.72. The zero-order chi connectivity index (χ0) is 11.4. The summed E-state index contributed by atoms with van der Waals surface area (Å²) in [6, 6.07) is 2.66. The van der Waals surface area contributed by atoms with E-state index in [-0.39, 0.29) is 22.2 Å². The number of halogens is 2. The highest BCUT2D eigenvalue weighted by Crippen LogP contribution is 2.24. The van der Waals surface area contributed by atoms with Crippen molar-refractivity contribution in [3.05, 3.63) is 29.1 Å². The molecule has 0 atom stereocenters. The third-order valence-corrected chi connectivity index (χ3v) is 2.39. The van der Waals surface area contributed by atoms with E-state index in [1.54, 1.807) is 0 Å². The molecule has 1 aromatic carbocycles. The summed E-state index contributed by atoms with van der Waals surface area (Å²) in [7, 11) is 1.33. The standard InChI is InChI=1S/C10H8BrFO3/c1-15-8-3-2-6(5-13)10(12)9(8)7(14)4-11/h2-3,5H,4H2,1H3.